The average molecular weight is 564 g/mol. The van der Waals surface area contributed by atoms with Gasteiger partial charge in [-0.3, -0.25) is 0 Å². The van der Waals surface area contributed by atoms with E-state index in [9.17, 15) is 9.18 Å². The molecule has 0 N–H and O–H groups in total. The van der Waals surface area contributed by atoms with Crippen LogP contribution in [0.25, 0.3) is 27.7 Å². The maximum atomic E-state index is 14.5. The molecule has 0 spiro atoms. The van der Waals surface area contributed by atoms with Gasteiger partial charge in [0.2, 0.25) is 0 Å². The van der Waals surface area contributed by atoms with Gasteiger partial charge in [0.15, 0.2) is 0 Å². The van der Waals surface area contributed by atoms with Crippen LogP contribution in [0.5, 0.6) is 5.75 Å². The van der Waals surface area contributed by atoms with Crippen LogP contribution >= 0.6 is 0 Å². The number of hydrogen-bond acceptors (Lipinski definition) is 4. The SMILES string of the molecule is COC(=O)c1ccc(-c2c(C3(C)CC(OC)C3)n(-c3ccc(F)c(C)c3)c3cccc(OCc4ccccc4)c23)cc1. The van der Waals surface area contributed by atoms with Crippen LogP contribution in [-0.4, -0.2) is 30.9 Å². The number of fused-ring (bicyclic) bond motifs is 1. The van der Waals surface area contributed by atoms with E-state index in [1.807, 2.05) is 66.7 Å². The third-order valence-electron chi connectivity index (χ3n) is 8.45. The van der Waals surface area contributed by atoms with Crippen molar-refractivity contribution in [1.82, 2.24) is 4.57 Å². The minimum atomic E-state index is -0.383. The van der Waals surface area contributed by atoms with Crippen molar-refractivity contribution in [1.29, 1.82) is 0 Å². The highest BCUT2D eigenvalue weighted by molar-refractivity contribution is 6.04. The van der Waals surface area contributed by atoms with E-state index in [1.54, 1.807) is 26.2 Å². The lowest BCUT2D eigenvalue weighted by atomic mass is 9.64. The lowest BCUT2D eigenvalue weighted by Gasteiger charge is -2.45. The number of hydrogen-bond donors (Lipinski definition) is 0. The molecule has 1 aromatic heterocycles. The molecule has 0 bridgehead atoms. The predicted molar refractivity (Wildman–Crippen MR) is 163 cm³/mol. The number of esters is 1. The Balaban J connectivity index is 1.64. The molecule has 0 aliphatic heterocycles. The summed E-state index contributed by atoms with van der Waals surface area (Å²) < 4.78 is 33.9. The van der Waals surface area contributed by atoms with Gasteiger partial charge in [0.05, 0.1) is 29.7 Å². The van der Waals surface area contributed by atoms with Gasteiger partial charge in [-0.1, -0.05) is 55.5 Å². The number of aromatic nitrogens is 1. The zero-order valence-corrected chi connectivity index (χ0v) is 24.3. The van der Waals surface area contributed by atoms with Gasteiger partial charge in [0.25, 0.3) is 0 Å². The van der Waals surface area contributed by atoms with Crippen LogP contribution in [0.3, 0.4) is 0 Å². The Bertz CT molecular complexity index is 1750. The Morgan fingerprint density at radius 3 is 2.36 bits per heavy atom. The van der Waals surface area contributed by atoms with Crippen LogP contribution in [0.15, 0.2) is 91.0 Å². The van der Waals surface area contributed by atoms with Gasteiger partial charge in [-0.2, -0.15) is 0 Å². The van der Waals surface area contributed by atoms with E-state index < -0.39 is 0 Å². The molecule has 1 fully saturated rings. The van der Waals surface area contributed by atoms with Crippen LogP contribution in [0.4, 0.5) is 4.39 Å². The minimum Gasteiger partial charge on any atom is -0.488 e. The molecular weight excluding hydrogens is 529 g/mol. The molecule has 0 atom stereocenters. The van der Waals surface area contributed by atoms with E-state index >= 15 is 0 Å². The van der Waals surface area contributed by atoms with Crippen LogP contribution < -0.4 is 4.74 Å². The Morgan fingerprint density at radius 1 is 0.952 bits per heavy atom. The van der Waals surface area contributed by atoms with E-state index in [1.165, 1.54) is 13.2 Å². The van der Waals surface area contributed by atoms with Crippen molar-refractivity contribution < 1.29 is 23.4 Å². The van der Waals surface area contributed by atoms with E-state index in [-0.39, 0.29) is 23.3 Å². The molecule has 0 radical (unpaired) electrons. The molecule has 214 valence electrons. The Labute approximate surface area is 245 Å². The first kappa shape index (κ1) is 27.7. The molecule has 6 rings (SSSR count). The number of ether oxygens (including phenoxy) is 3. The molecule has 0 amide bonds. The first-order valence-corrected chi connectivity index (χ1v) is 14.2. The smallest absolute Gasteiger partial charge is 0.337 e. The molecule has 42 heavy (non-hydrogen) atoms. The molecule has 0 unspecified atom stereocenters. The second-order valence-corrected chi connectivity index (χ2v) is 11.3. The van der Waals surface area contributed by atoms with Crippen molar-refractivity contribution in [3.8, 4) is 22.6 Å². The van der Waals surface area contributed by atoms with Gasteiger partial charge in [-0.25, -0.2) is 9.18 Å². The highest BCUT2D eigenvalue weighted by Crippen LogP contribution is 2.53. The lowest BCUT2D eigenvalue weighted by molar-refractivity contribution is -0.0129. The van der Waals surface area contributed by atoms with Crippen LogP contribution in [0, 0.1) is 12.7 Å². The number of rotatable bonds is 8. The number of aryl methyl sites for hydroxylation is 1. The van der Waals surface area contributed by atoms with Gasteiger partial charge >= 0.3 is 5.97 Å². The average Bonchev–Trinajstić information content (AvgIpc) is 3.36. The van der Waals surface area contributed by atoms with E-state index in [2.05, 4.69) is 17.6 Å². The van der Waals surface area contributed by atoms with E-state index in [0.29, 0.717) is 17.7 Å². The standard InChI is InChI=1S/C36H34FNO4/c1-23-19-27(17-18-29(23)37)38-30-11-8-12-31(42-22-24-9-6-5-7-10-24)33(30)32(34(38)36(2)20-28(21-36)40-3)25-13-15-26(16-14-25)35(39)41-4/h5-19,28H,20-22H2,1-4H3. The summed E-state index contributed by atoms with van der Waals surface area (Å²) in [5.74, 6) is 0.136. The summed E-state index contributed by atoms with van der Waals surface area (Å²) in [6, 6.07) is 29.0. The van der Waals surface area contributed by atoms with Crippen LogP contribution in [0.2, 0.25) is 0 Å². The number of carbonyl (C=O) groups excluding carboxylic acids is 1. The van der Waals surface area contributed by atoms with Crippen LogP contribution in [0.1, 0.15) is 46.9 Å². The summed E-state index contributed by atoms with van der Waals surface area (Å²) in [4.78, 5) is 12.3. The van der Waals surface area contributed by atoms with Crippen molar-refractivity contribution in [2.45, 2.75) is 44.8 Å². The highest BCUT2D eigenvalue weighted by atomic mass is 19.1. The van der Waals surface area contributed by atoms with Gasteiger partial charge in [0, 0.05) is 29.5 Å². The zero-order valence-electron chi connectivity index (χ0n) is 24.3. The predicted octanol–water partition coefficient (Wildman–Crippen LogP) is 8.18. The monoisotopic (exact) mass is 563 g/mol. The number of carbonyl (C=O) groups is 1. The maximum Gasteiger partial charge on any atom is 0.337 e. The molecule has 0 saturated heterocycles. The molecule has 5 nitrogen and oxygen atoms in total. The summed E-state index contributed by atoms with van der Waals surface area (Å²) in [6.07, 6.45) is 1.83. The van der Waals surface area contributed by atoms with Crippen LogP contribution in [-0.2, 0) is 21.5 Å². The molecule has 5 aromatic rings. The fraction of sp³-hybridized carbons (Fsp3) is 0.250. The third kappa shape index (κ3) is 4.86. The lowest BCUT2D eigenvalue weighted by Crippen LogP contribution is -2.44. The molecule has 1 aliphatic rings. The first-order valence-electron chi connectivity index (χ1n) is 14.2. The summed E-state index contributed by atoms with van der Waals surface area (Å²) in [5.41, 5.74) is 6.85. The van der Waals surface area contributed by atoms with Gasteiger partial charge in [-0.15, -0.1) is 0 Å². The summed E-state index contributed by atoms with van der Waals surface area (Å²) in [6.45, 7) is 4.47. The van der Waals surface area contributed by atoms with Crippen molar-refractivity contribution in [2.24, 2.45) is 0 Å². The van der Waals surface area contributed by atoms with E-state index in [4.69, 9.17) is 14.2 Å². The molecule has 4 aromatic carbocycles. The van der Waals surface area contributed by atoms with E-state index in [0.717, 1.165) is 57.6 Å². The molecule has 1 aliphatic carbocycles. The molecule has 6 heteroatoms. The molecule has 1 heterocycles. The Hall–Kier alpha value is -4.42. The van der Waals surface area contributed by atoms with Crippen molar-refractivity contribution in [2.75, 3.05) is 14.2 Å². The number of halogens is 1. The summed E-state index contributed by atoms with van der Waals surface area (Å²) in [7, 11) is 3.14. The van der Waals surface area contributed by atoms with Gasteiger partial charge in [0.1, 0.15) is 18.2 Å². The number of benzene rings is 4. The second kappa shape index (κ2) is 11.1. The second-order valence-electron chi connectivity index (χ2n) is 11.3. The van der Waals surface area contributed by atoms with Gasteiger partial charge in [-0.05, 0) is 78.9 Å². The topological polar surface area (TPSA) is 49.7 Å². The summed E-state index contributed by atoms with van der Waals surface area (Å²) >= 11 is 0. The van der Waals surface area contributed by atoms with Crippen molar-refractivity contribution in [3.05, 3.63) is 119 Å². The number of nitrogens with zero attached hydrogens (tertiary/aromatic N) is 1. The Kier molecular flexibility index (Phi) is 7.33. The largest absolute Gasteiger partial charge is 0.488 e. The first-order chi connectivity index (χ1) is 20.3. The summed E-state index contributed by atoms with van der Waals surface area (Å²) in [5, 5.41) is 0.971. The van der Waals surface area contributed by atoms with Gasteiger partial charge < -0.3 is 18.8 Å². The molecule has 1 saturated carbocycles. The van der Waals surface area contributed by atoms with Crippen molar-refractivity contribution >= 4 is 16.9 Å². The third-order valence-corrected chi connectivity index (χ3v) is 8.45. The zero-order chi connectivity index (χ0) is 29.4. The normalized spacial score (nSPS) is 18.1. The highest BCUT2D eigenvalue weighted by Gasteiger charge is 2.46. The fourth-order valence-corrected chi connectivity index (χ4v) is 6.25. The molecular formula is C36H34FNO4. The number of methoxy groups -OCH3 is 2. The quantitative estimate of drug-likeness (QED) is 0.179. The van der Waals surface area contributed by atoms with Crippen molar-refractivity contribution in [3.63, 3.8) is 0 Å². The minimum absolute atomic E-state index is 0.153. The fourth-order valence-electron chi connectivity index (χ4n) is 6.25. The Morgan fingerprint density at radius 2 is 1.69 bits per heavy atom. The maximum absolute atomic E-state index is 14.5.